The van der Waals surface area contributed by atoms with E-state index in [1.807, 2.05) is 18.2 Å². The Hall–Kier alpha value is -2.64. The predicted molar refractivity (Wildman–Crippen MR) is 123 cm³/mol. The molecule has 1 aromatic carbocycles. The molecule has 3 atom stereocenters. The van der Waals surface area contributed by atoms with Crippen molar-refractivity contribution in [1.29, 1.82) is 0 Å². The van der Waals surface area contributed by atoms with Crippen molar-refractivity contribution in [3.63, 3.8) is 0 Å². The number of allylic oxidation sites excluding steroid dienone is 2. The van der Waals surface area contributed by atoms with E-state index in [4.69, 9.17) is 16.3 Å². The molecule has 0 amide bonds. The summed E-state index contributed by atoms with van der Waals surface area (Å²) in [6, 6.07) is 7.85. The number of aromatic nitrogens is 1. The Morgan fingerprint density at radius 2 is 1.75 bits per heavy atom. The molecule has 170 valence electrons. The zero-order valence-electron chi connectivity index (χ0n) is 18.1. The van der Waals surface area contributed by atoms with Crippen LogP contribution in [0, 0.1) is 0 Å². The van der Waals surface area contributed by atoms with Gasteiger partial charge in [0.1, 0.15) is 6.10 Å². The second-order valence-corrected chi connectivity index (χ2v) is 9.35. The topological polar surface area (TPSA) is 78.2 Å². The highest BCUT2D eigenvalue weighted by Crippen LogP contribution is 2.56. The van der Waals surface area contributed by atoms with Crippen LogP contribution in [0.3, 0.4) is 0 Å². The summed E-state index contributed by atoms with van der Waals surface area (Å²) >= 11 is 6.13. The fourth-order valence-electron chi connectivity index (χ4n) is 5.38. The van der Waals surface area contributed by atoms with E-state index in [0.29, 0.717) is 6.54 Å². The minimum atomic E-state index is -0.472. The number of esters is 1. The Balaban J connectivity index is 1.26. The molecule has 2 bridgehead atoms. The number of benzene rings is 1. The highest BCUT2D eigenvalue weighted by atomic mass is 35.5. The van der Waals surface area contributed by atoms with E-state index < -0.39 is 6.10 Å². The van der Waals surface area contributed by atoms with Gasteiger partial charge in [0.05, 0.1) is 6.54 Å². The number of halogens is 1. The first-order chi connectivity index (χ1) is 15.4. The fourth-order valence-corrected chi connectivity index (χ4v) is 5.57. The summed E-state index contributed by atoms with van der Waals surface area (Å²) in [6.45, 7) is 5.47. The number of fused-ring (bicyclic) bond motifs is 5. The fraction of sp³-hybridized carbons (Fsp3) is 0.458. The summed E-state index contributed by atoms with van der Waals surface area (Å²) in [4.78, 5) is 16.3. The van der Waals surface area contributed by atoms with Crippen molar-refractivity contribution in [1.82, 2.24) is 9.47 Å². The first kappa shape index (κ1) is 21.2. The number of carbonyl (C=O) groups excluding carboxylic acids is 1. The van der Waals surface area contributed by atoms with Crippen LogP contribution in [-0.4, -0.2) is 64.5 Å². The number of carbonyl (C=O) groups is 1. The minimum absolute atomic E-state index is 0.0947. The Morgan fingerprint density at radius 1 is 1.09 bits per heavy atom. The first-order valence-electron chi connectivity index (χ1n) is 11.1. The third kappa shape index (κ3) is 3.84. The van der Waals surface area contributed by atoms with Crippen LogP contribution in [0.2, 0.25) is 5.02 Å². The molecule has 32 heavy (non-hydrogen) atoms. The zero-order valence-corrected chi connectivity index (χ0v) is 18.8. The van der Waals surface area contributed by atoms with Gasteiger partial charge in [-0.2, -0.15) is 0 Å². The zero-order chi connectivity index (χ0) is 22.4. The lowest BCUT2D eigenvalue weighted by Crippen LogP contribution is -2.49. The average molecular weight is 458 g/mol. The van der Waals surface area contributed by atoms with E-state index in [1.165, 1.54) is 11.5 Å². The number of aromatic hydroxyl groups is 2. The van der Waals surface area contributed by atoms with Gasteiger partial charge in [0.15, 0.2) is 11.8 Å². The maximum absolute atomic E-state index is 11.8. The molecule has 8 heteroatoms. The van der Waals surface area contributed by atoms with Crippen LogP contribution < -0.4 is 4.90 Å². The van der Waals surface area contributed by atoms with Gasteiger partial charge in [-0.25, -0.2) is 0 Å². The number of nitrogens with zero attached hydrogens (tertiary/aromatic N) is 3. The number of ether oxygens (including phenoxy) is 1. The van der Waals surface area contributed by atoms with Crippen LogP contribution in [0.25, 0.3) is 0 Å². The monoisotopic (exact) mass is 457 g/mol. The molecule has 0 radical (unpaired) electrons. The third-order valence-electron chi connectivity index (χ3n) is 6.83. The second kappa shape index (κ2) is 8.37. The normalized spacial score (nSPS) is 22.9. The van der Waals surface area contributed by atoms with E-state index in [0.717, 1.165) is 54.4 Å². The van der Waals surface area contributed by atoms with Crippen LogP contribution in [0.15, 0.2) is 36.4 Å². The van der Waals surface area contributed by atoms with Crippen molar-refractivity contribution in [2.45, 2.75) is 37.8 Å². The highest BCUT2D eigenvalue weighted by Gasteiger charge is 2.41. The van der Waals surface area contributed by atoms with Crippen LogP contribution in [0.1, 0.15) is 36.3 Å². The highest BCUT2D eigenvalue weighted by molar-refractivity contribution is 6.30. The molecule has 3 unspecified atom stereocenters. The van der Waals surface area contributed by atoms with Gasteiger partial charge in [0.25, 0.3) is 0 Å². The van der Waals surface area contributed by atoms with Crippen molar-refractivity contribution in [2.24, 2.45) is 0 Å². The van der Waals surface area contributed by atoms with E-state index in [-0.39, 0.29) is 36.1 Å². The van der Waals surface area contributed by atoms with Gasteiger partial charge >= 0.3 is 5.97 Å². The van der Waals surface area contributed by atoms with Crippen molar-refractivity contribution < 1.29 is 19.7 Å². The second-order valence-electron chi connectivity index (χ2n) is 8.92. The summed E-state index contributed by atoms with van der Waals surface area (Å²) in [5, 5.41) is 22.4. The number of hydrogen-bond donors (Lipinski definition) is 2. The van der Waals surface area contributed by atoms with Gasteiger partial charge in [-0.05, 0) is 24.6 Å². The molecule has 1 aliphatic heterocycles. The quantitative estimate of drug-likeness (QED) is 0.511. The lowest BCUT2D eigenvalue weighted by Gasteiger charge is -2.37. The van der Waals surface area contributed by atoms with Gasteiger partial charge in [-0.3, -0.25) is 14.3 Å². The van der Waals surface area contributed by atoms with E-state index in [1.54, 1.807) is 0 Å². The minimum Gasteiger partial charge on any atom is -0.494 e. The van der Waals surface area contributed by atoms with Crippen LogP contribution in [0.4, 0.5) is 5.69 Å². The lowest BCUT2D eigenvalue weighted by molar-refractivity contribution is -0.148. The van der Waals surface area contributed by atoms with Crippen molar-refractivity contribution in [2.75, 3.05) is 37.6 Å². The van der Waals surface area contributed by atoms with Crippen LogP contribution >= 0.6 is 11.6 Å². The molecule has 1 aromatic heterocycles. The molecule has 1 fully saturated rings. The van der Waals surface area contributed by atoms with E-state index >= 15 is 0 Å². The molecule has 0 saturated carbocycles. The summed E-state index contributed by atoms with van der Waals surface area (Å²) < 4.78 is 7.10. The van der Waals surface area contributed by atoms with Gasteiger partial charge < -0.3 is 19.8 Å². The maximum atomic E-state index is 11.8. The standard InChI is InChI=1S/C24H28ClN3O4/c1-15(29)32-20(13-26-7-9-27(10-8-26)19-4-2-3-18(25)12-19)14-28-23(30)21-16-5-6-17(11-16)22(21)24(28)31/h2-6,12,16-17,20,30-31H,7-11,13-14H2,1H3. The van der Waals surface area contributed by atoms with Gasteiger partial charge in [-0.15, -0.1) is 0 Å². The molecular formula is C24H28ClN3O4. The molecule has 5 rings (SSSR count). The molecule has 2 heterocycles. The van der Waals surface area contributed by atoms with Crippen molar-refractivity contribution >= 4 is 23.3 Å². The first-order valence-corrected chi connectivity index (χ1v) is 11.5. The molecule has 0 spiro atoms. The third-order valence-corrected chi connectivity index (χ3v) is 7.07. The Bertz CT molecular complexity index is 1020. The molecule has 3 aliphatic rings. The van der Waals surface area contributed by atoms with Gasteiger partial charge in [-0.1, -0.05) is 29.8 Å². The van der Waals surface area contributed by atoms with E-state index in [9.17, 15) is 15.0 Å². The molecular weight excluding hydrogens is 430 g/mol. The maximum Gasteiger partial charge on any atom is 0.303 e. The van der Waals surface area contributed by atoms with Crippen LogP contribution in [-0.2, 0) is 16.1 Å². The lowest BCUT2D eigenvalue weighted by atomic mass is 10.0. The summed E-state index contributed by atoms with van der Waals surface area (Å²) in [5.41, 5.74) is 2.76. The van der Waals surface area contributed by atoms with Crippen molar-refractivity contribution in [3.8, 4) is 11.8 Å². The summed E-state index contributed by atoms with van der Waals surface area (Å²) in [7, 11) is 0. The molecule has 2 aliphatic carbocycles. The average Bonchev–Trinajstić information content (AvgIpc) is 3.44. The Kier molecular flexibility index (Phi) is 5.55. The summed E-state index contributed by atoms with van der Waals surface area (Å²) in [6.07, 6.45) is 4.63. The Labute approximate surface area is 192 Å². The SMILES string of the molecule is CC(=O)OC(CN1CCN(c2cccc(Cl)c2)CC1)Cn1c(O)c2c(c1O)C1C=CC2C1. The van der Waals surface area contributed by atoms with Gasteiger partial charge in [0.2, 0.25) is 0 Å². The molecule has 2 N–H and O–H groups in total. The number of anilines is 1. The number of piperazine rings is 1. The molecule has 7 nitrogen and oxygen atoms in total. The smallest absolute Gasteiger partial charge is 0.303 e. The molecule has 1 saturated heterocycles. The summed E-state index contributed by atoms with van der Waals surface area (Å²) in [5.74, 6) is 0.144. The van der Waals surface area contributed by atoms with Gasteiger partial charge in [0, 0.05) is 73.3 Å². The van der Waals surface area contributed by atoms with E-state index in [2.05, 4.69) is 28.0 Å². The number of rotatable bonds is 6. The number of hydrogen-bond acceptors (Lipinski definition) is 6. The van der Waals surface area contributed by atoms with Crippen molar-refractivity contribution in [3.05, 3.63) is 52.6 Å². The predicted octanol–water partition coefficient (Wildman–Crippen LogP) is 3.45. The largest absolute Gasteiger partial charge is 0.494 e. The Morgan fingerprint density at radius 3 is 2.34 bits per heavy atom. The van der Waals surface area contributed by atoms with Crippen LogP contribution in [0.5, 0.6) is 11.8 Å². The molecule has 2 aromatic rings.